The lowest BCUT2D eigenvalue weighted by Crippen LogP contribution is -2.92. The van der Waals surface area contributed by atoms with Crippen LogP contribution in [0.4, 0.5) is 4.79 Å². The smallest absolute Gasteiger partial charge is 0.332 e. The van der Waals surface area contributed by atoms with E-state index in [1.165, 1.54) is 17.5 Å². The van der Waals surface area contributed by atoms with Gasteiger partial charge in [-0.3, -0.25) is 0 Å². The quantitative estimate of drug-likeness (QED) is 0.731. The van der Waals surface area contributed by atoms with Gasteiger partial charge in [0.2, 0.25) is 0 Å². The molecular formula is C21H25N4O+. The fourth-order valence-electron chi connectivity index (χ4n) is 4.67. The van der Waals surface area contributed by atoms with Crippen LogP contribution in [-0.4, -0.2) is 11.7 Å². The van der Waals surface area contributed by atoms with Crippen LogP contribution in [-0.2, 0) is 0 Å². The molecule has 26 heavy (non-hydrogen) atoms. The second-order valence-corrected chi connectivity index (χ2v) is 7.22. The van der Waals surface area contributed by atoms with Gasteiger partial charge < -0.3 is 11.1 Å². The van der Waals surface area contributed by atoms with Gasteiger partial charge in [-0.05, 0) is 12.8 Å². The number of carbonyl (C=O) groups excluding carboxylic acids is 1. The maximum atomic E-state index is 11.3. The van der Waals surface area contributed by atoms with E-state index in [9.17, 15) is 4.79 Å². The molecular weight excluding hydrogens is 324 g/mol. The van der Waals surface area contributed by atoms with Crippen molar-refractivity contribution >= 4 is 11.7 Å². The van der Waals surface area contributed by atoms with Gasteiger partial charge in [0.05, 0.1) is 17.5 Å². The molecule has 1 aliphatic carbocycles. The van der Waals surface area contributed by atoms with E-state index in [4.69, 9.17) is 5.73 Å². The van der Waals surface area contributed by atoms with Gasteiger partial charge in [0.1, 0.15) is 12.1 Å². The first-order valence-electron chi connectivity index (χ1n) is 9.32. The molecule has 0 spiro atoms. The SMILES string of the molecule is NC(=O)NN=C1[C@H]2CCC[C@@H]1[C@H](c1ccccc1)[NH2+][C@@H]2c1ccccc1. The Morgan fingerprint density at radius 2 is 1.42 bits per heavy atom. The van der Waals surface area contributed by atoms with Gasteiger partial charge in [-0.25, -0.2) is 10.2 Å². The number of hydrogen-bond acceptors (Lipinski definition) is 2. The molecule has 4 atom stereocenters. The molecule has 0 aromatic heterocycles. The van der Waals surface area contributed by atoms with Gasteiger partial charge >= 0.3 is 6.03 Å². The zero-order valence-electron chi connectivity index (χ0n) is 14.7. The number of piperidine rings is 1. The van der Waals surface area contributed by atoms with Crippen molar-refractivity contribution in [2.75, 3.05) is 0 Å². The molecule has 0 unspecified atom stereocenters. The molecule has 2 bridgehead atoms. The fourth-order valence-corrected chi connectivity index (χ4v) is 4.67. The average Bonchev–Trinajstić information content (AvgIpc) is 2.68. The summed E-state index contributed by atoms with van der Waals surface area (Å²) in [6, 6.07) is 21.2. The van der Waals surface area contributed by atoms with Crippen molar-refractivity contribution in [1.82, 2.24) is 5.43 Å². The molecule has 0 radical (unpaired) electrons. The minimum absolute atomic E-state index is 0.298. The topological polar surface area (TPSA) is 84.1 Å². The number of nitrogens with zero attached hydrogens (tertiary/aromatic N) is 1. The second kappa shape index (κ2) is 7.30. The van der Waals surface area contributed by atoms with Gasteiger partial charge in [-0.2, -0.15) is 5.10 Å². The van der Waals surface area contributed by atoms with E-state index >= 15 is 0 Å². The molecule has 1 heterocycles. The van der Waals surface area contributed by atoms with Crippen molar-refractivity contribution < 1.29 is 10.1 Å². The number of nitrogens with two attached hydrogens (primary N) is 2. The van der Waals surface area contributed by atoms with E-state index in [0.29, 0.717) is 23.9 Å². The van der Waals surface area contributed by atoms with Crippen molar-refractivity contribution in [3.05, 3.63) is 71.8 Å². The van der Waals surface area contributed by atoms with Crippen LogP contribution in [0.1, 0.15) is 42.5 Å². The molecule has 5 N–H and O–H groups in total. The van der Waals surface area contributed by atoms with E-state index in [-0.39, 0.29) is 0 Å². The van der Waals surface area contributed by atoms with Crippen LogP contribution in [0.2, 0.25) is 0 Å². The Morgan fingerprint density at radius 3 is 1.88 bits per heavy atom. The van der Waals surface area contributed by atoms with E-state index in [1.54, 1.807) is 0 Å². The zero-order chi connectivity index (χ0) is 17.9. The predicted octanol–water partition coefficient (Wildman–Crippen LogP) is 2.49. The Bertz CT molecular complexity index is 735. The van der Waals surface area contributed by atoms with Crippen LogP contribution in [0, 0.1) is 11.8 Å². The largest absolute Gasteiger partial charge is 0.350 e. The third-order valence-corrected chi connectivity index (χ3v) is 5.74. The number of hydrogen-bond donors (Lipinski definition) is 3. The monoisotopic (exact) mass is 349 g/mol. The first-order valence-corrected chi connectivity index (χ1v) is 9.32. The highest BCUT2D eigenvalue weighted by atomic mass is 16.2. The number of amides is 2. The predicted molar refractivity (Wildman–Crippen MR) is 101 cm³/mol. The van der Waals surface area contributed by atoms with Crippen molar-refractivity contribution in [1.29, 1.82) is 0 Å². The van der Waals surface area contributed by atoms with Crippen LogP contribution >= 0.6 is 0 Å². The highest BCUT2D eigenvalue weighted by Crippen LogP contribution is 2.42. The molecule has 1 saturated heterocycles. The minimum atomic E-state index is -0.599. The Labute approximate surface area is 153 Å². The van der Waals surface area contributed by atoms with Crippen molar-refractivity contribution in [3.8, 4) is 0 Å². The van der Waals surface area contributed by atoms with Gasteiger partial charge in [0.15, 0.2) is 0 Å². The van der Waals surface area contributed by atoms with Crippen LogP contribution in [0.5, 0.6) is 0 Å². The van der Waals surface area contributed by atoms with Crippen LogP contribution in [0.25, 0.3) is 0 Å². The van der Waals surface area contributed by atoms with E-state index in [2.05, 4.69) is 64.4 Å². The molecule has 2 aromatic carbocycles. The molecule has 5 heteroatoms. The van der Waals surface area contributed by atoms with E-state index in [1.807, 2.05) is 12.1 Å². The Kier molecular flexibility index (Phi) is 4.71. The first kappa shape index (κ1) is 16.8. The molecule has 1 saturated carbocycles. The number of hydrazone groups is 1. The lowest BCUT2D eigenvalue weighted by molar-refractivity contribution is -0.749. The normalized spacial score (nSPS) is 29.3. The minimum Gasteiger partial charge on any atom is -0.350 e. The highest BCUT2D eigenvalue weighted by molar-refractivity contribution is 5.92. The van der Waals surface area contributed by atoms with Crippen molar-refractivity contribution in [2.45, 2.75) is 31.3 Å². The van der Waals surface area contributed by atoms with Gasteiger partial charge in [-0.15, -0.1) is 0 Å². The number of urea groups is 1. The number of nitrogens with one attached hydrogen (secondary N) is 1. The Morgan fingerprint density at radius 1 is 0.923 bits per heavy atom. The van der Waals surface area contributed by atoms with Gasteiger partial charge in [0, 0.05) is 11.1 Å². The maximum Gasteiger partial charge on any atom is 0.332 e. The zero-order valence-corrected chi connectivity index (χ0v) is 14.7. The van der Waals surface area contributed by atoms with Crippen LogP contribution in [0.15, 0.2) is 65.8 Å². The number of quaternary nitrogens is 1. The number of rotatable bonds is 3. The van der Waals surface area contributed by atoms with Gasteiger partial charge in [0.25, 0.3) is 0 Å². The highest BCUT2D eigenvalue weighted by Gasteiger charge is 2.48. The molecule has 5 nitrogen and oxygen atoms in total. The van der Waals surface area contributed by atoms with Gasteiger partial charge in [-0.1, -0.05) is 67.1 Å². The fraction of sp³-hybridized carbons (Fsp3) is 0.333. The molecule has 2 aliphatic rings. The molecule has 2 amide bonds. The lowest BCUT2D eigenvalue weighted by Gasteiger charge is -2.44. The summed E-state index contributed by atoms with van der Waals surface area (Å²) in [5, 5.41) is 6.99. The summed E-state index contributed by atoms with van der Waals surface area (Å²) < 4.78 is 0. The van der Waals surface area contributed by atoms with Crippen molar-refractivity contribution in [3.63, 3.8) is 0 Å². The standard InChI is InChI=1S/C21H24N4O/c22-21(26)25-24-20-16-12-7-13-17(20)19(15-10-5-2-6-11-15)23-18(16)14-8-3-1-4-9-14/h1-6,8-11,16-19,23H,7,12-13H2,(H3,22,25,26)/p+1/t16-,17+,18+,19-. The lowest BCUT2D eigenvalue weighted by atomic mass is 9.67. The number of primary amides is 1. The molecule has 1 aliphatic heterocycles. The summed E-state index contributed by atoms with van der Waals surface area (Å²) in [6.45, 7) is 0. The molecule has 2 fully saturated rings. The maximum absolute atomic E-state index is 11.3. The Hall–Kier alpha value is -2.66. The van der Waals surface area contributed by atoms with Crippen LogP contribution < -0.4 is 16.5 Å². The average molecular weight is 349 g/mol. The third-order valence-electron chi connectivity index (χ3n) is 5.74. The second-order valence-electron chi connectivity index (χ2n) is 7.22. The molecule has 2 aromatic rings. The van der Waals surface area contributed by atoms with Crippen LogP contribution in [0.3, 0.4) is 0 Å². The van der Waals surface area contributed by atoms with E-state index in [0.717, 1.165) is 18.6 Å². The van der Waals surface area contributed by atoms with E-state index < -0.39 is 6.03 Å². The van der Waals surface area contributed by atoms with Crippen molar-refractivity contribution in [2.24, 2.45) is 22.7 Å². The molecule has 4 rings (SSSR count). The summed E-state index contributed by atoms with van der Waals surface area (Å²) in [6.07, 6.45) is 3.37. The summed E-state index contributed by atoms with van der Waals surface area (Å²) in [5.74, 6) is 0.644. The number of benzene rings is 2. The number of fused-ring (bicyclic) bond motifs is 2. The number of carbonyl (C=O) groups is 1. The molecule has 134 valence electrons. The first-order chi connectivity index (χ1) is 12.7. The Balaban J connectivity index is 1.76. The summed E-state index contributed by atoms with van der Waals surface area (Å²) in [4.78, 5) is 11.3. The summed E-state index contributed by atoms with van der Waals surface area (Å²) >= 11 is 0. The summed E-state index contributed by atoms with van der Waals surface area (Å²) in [5.41, 5.74) is 11.5. The summed E-state index contributed by atoms with van der Waals surface area (Å²) in [7, 11) is 0. The third kappa shape index (κ3) is 3.22.